The summed E-state index contributed by atoms with van der Waals surface area (Å²) in [5, 5.41) is -0.121. The summed E-state index contributed by atoms with van der Waals surface area (Å²) in [6, 6.07) is 0.854. The van der Waals surface area contributed by atoms with Gasteiger partial charge in [-0.2, -0.15) is 13.2 Å². The van der Waals surface area contributed by atoms with Crippen molar-refractivity contribution >= 4 is 16.8 Å². The Hall–Kier alpha value is -2.32. The van der Waals surface area contributed by atoms with Gasteiger partial charge >= 0.3 is 11.9 Å². The van der Waals surface area contributed by atoms with Crippen LogP contribution in [-0.2, 0) is 21.1 Å². The fraction of sp³-hybridized carbons (Fsp3) is 0.364. The van der Waals surface area contributed by atoms with E-state index in [0.717, 1.165) is 19.8 Å². The number of Topliss-reactive ketones (excluding diaryl/α,β-unsaturated/α-hetero) is 1. The highest BCUT2D eigenvalue weighted by atomic mass is 19.4. The highest BCUT2D eigenvalue weighted by Gasteiger charge is 2.41. The molecule has 108 valence electrons. The minimum atomic E-state index is -5.05. The van der Waals surface area contributed by atoms with Crippen molar-refractivity contribution in [1.29, 1.82) is 0 Å². The molecule has 0 N–H and O–H groups in total. The maximum Gasteiger partial charge on any atom is 0.456 e. The molecule has 0 aliphatic rings. The predicted molar refractivity (Wildman–Crippen MR) is 63.8 cm³/mol. The quantitative estimate of drug-likeness (QED) is 0.710. The van der Waals surface area contributed by atoms with Crippen LogP contribution in [0.4, 0.5) is 13.2 Å². The highest BCUT2D eigenvalue weighted by Crippen LogP contribution is 2.24. The summed E-state index contributed by atoms with van der Waals surface area (Å²) in [7, 11) is 3.72. The molecule has 0 bridgehead atoms. The summed E-state index contributed by atoms with van der Waals surface area (Å²) >= 11 is 0. The summed E-state index contributed by atoms with van der Waals surface area (Å²) < 4.78 is 40.1. The van der Waals surface area contributed by atoms with Crippen LogP contribution in [0, 0.1) is 0 Å². The van der Waals surface area contributed by atoms with E-state index >= 15 is 0 Å². The Morgan fingerprint density at radius 1 is 1.05 bits per heavy atom. The van der Waals surface area contributed by atoms with Crippen LogP contribution in [0.5, 0.6) is 0 Å². The van der Waals surface area contributed by atoms with Crippen LogP contribution >= 0.6 is 0 Å². The number of rotatable bonds is 1. The second-order valence-electron chi connectivity index (χ2n) is 4.36. The fourth-order valence-electron chi connectivity index (χ4n) is 2.10. The zero-order valence-electron chi connectivity index (χ0n) is 10.8. The van der Waals surface area contributed by atoms with E-state index in [2.05, 4.69) is 0 Å². The van der Waals surface area contributed by atoms with Gasteiger partial charge in [-0.25, -0.2) is 4.79 Å². The number of alkyl halides is 3. The molecule has 0 amide bonds. The van der Waals surface area contributed by atoms with Gasteiger partial charge in [0.25, 0.3) is 11.3 Å². The molecule has 0 aromatic carbocycles. The third-order valence-electron chi connectivity index (χ3n) is 3.12. The van der Waals surface area contributed by atoms with Gasteiger partial charge in [-0.05, 0) is 6.07 Å². The predicted octanol–water partition coefficient (Wildman–Crippen LogP) is 0.321. The summed E-state index contributed by atoms with van der Waals surface area (Å²) in [6.45, 7) is 0. The molecule has 2 rings (SSSR count). The zero-order chi connectivity index (χ0) is 15.4. The molecule has 20 heavy (non-hydrogen) atoms. The molecular formula is C11H10F3N3O3. The molecular weight excluding hydrogens is 279 g/mol. The van der Waals surface area contributed by atoms with Gasteiger partial charge in [0.15, 0.2) is 0 Å². The van der Waals surface area contributed by atoms with E-state index < -0.39 is 28.9 Å². The van der Waals surface area contributed by atoms with Crippen molar-refractivity contribution in [2.75, 3.05) is 0 Å². The number of hydrogen-bond donors (Lipinski definition) is 0. The Labute approximate surface area is 109 Å². The number of aryl methyl sites for hydroxylation is 2. The molecule has 6 nitrogen and oxygen atoms in total. The first-order valence-electron chi connectivity index (χ1n) is 5.44. The van der Waals surface area contributed by atoms with Gasteiger partial charge in [0, 0.05) is 21.1 Å². The molecule has 0 aliphatic heterocycles. The first-order chi connectivity index (χ1) is 9.07. The second-order valence-corrected chi connectivity index (χ2v) is 4.36. The van der Waals surface area contributed by atoms with E-state index in [1.807, 2.05) is 0 Å². The molecule has 9 heteroatoms. The molecule has 2 aromatic heterocycles. The average Bonchev–Trinajstić information content (AvgIpc) is 2.69. The fourth-order valence-corrected chi connectivity index (χ4v) is 2.10. The SMILES string of the molecule is Cn1c(=O)c2cc(C(=O)C(F)(F)F)n(C)c2n(C)c1=O. The maximum atomic E-state index is 12.5. The third-order valence-corrected chi connectivity index (χ3v) is 3.12. The number of hydrogen-bond acceptors (Lipinski definition) is 3. The molecule has 0 fully saturated rings. The number of carbonyl (C=O) groups excluding carboxylic acids is 1. The lowest BCUT2D eigenvalue weighted by atomic mass is 10.2. The second kappa shape index (κ2) is 4.09. The number of ketones is 1. The number of carbonyl (C=O) groups is 1. The van der Waals surface area contributed by atoms with Crippen LogP contribution in [-0.4, -0.2) is 25.7 Å². The van der Waals surface area contributed by atoms with Gasteiger partial charge in [-0.1, -0.05) is 0 Å². The van der Waals surface area contributed by atoms with Crippen molar-refractivity contribution in [3.05, 3.63) is 32.6 Å². The van der Waals surface area contributed by atoms with Crippen LogP contribution in [0.3, 0.4) is 0 Å². The molecule has 0 radical (unpaired) electrons. The highest BCUT2D eigenvalue weighted by molar-refractivity contribution is 6.02. The van der Waals surface area contributed by atoms with Crippen LogP contribution in [0.2, 0.25) is 0 Å². The molecule has 0 saturated carbocycles. The van der Waals surface area contributed by atoms with E-state index in [4.69, 9.17) is 0 Å². The molecule has 0 saturated heterocycles. The number of aromatic nitrogens is 3. The van der Waals surface area contributed by atoms with Crippen LogP contribution in [0.15, 0.2) is 15.7 Å². The van der Waals surface area contributed by atoms with Crippen LogP contribution in [0.25, 0.3) is 11.0 Å². The first-order valence-corrected chi connectivity index (χ1v) is 5.44. The van der Waals surface area contributed by atoms with E-state index in [1.165, 1.54) is 21.1 Å². The molecule has 0 atom stereocenters. The van der Waals surface area contributed by atoms with Crippen molar-refractivity contribution in [2.24, 2.45) is 21.1 Å². The topological polar surface area (TPSA) is 66.0 Å². The van der Waals surface area contributed by atoms with Gasteiger partial charge in [0.2, 0.25) is 0 Å². The summed E-state index contributed by atoms with van der Waals surface area (Å²) in [6.07, 6.45) is -5.05. The smallest absolute Gasteiger partial charge is 0.327 e. The van der Waals surface area contributed by atoms with Gasteiger partial charge in [0.1, 0.15) is 5.65 Å². The molecule has 0 unspecified atom stereocenters. The molecule has 0 spiro atoms. The lowest BCUT2D eigenvalue weighted by Gasteiger charge is -2.08. The first kappa shape index (κ1) is 14.1. The molecule has 0 aliphatic carbocycles. The average molecular weight is 289 g/mol. The van der Waals surface area contributed by atoms with Crippen LogP contribution in [0.1, 0.15) is 10.5 Å². The van der Waals surface area contributed by atoms with Crippen molar-refractivity contribution in [3.63, 3.8) is 0 Å². The summed E-state index contributed by atoms with van der Waals surface area (Å²) in [5.74, 6) is -2.06. The van der Waals surface area contributed by atoms with E-state index in [0.29, 0.717) is 0 Å². The van der Waals surface area contributed by atoms with Gasteiger partial charge in [0.05, 0.1) is 11.1 Å². The number of fused-ring (bicyclic) bond motifs is 1. The number of halogens is 3. The van der Waals surface area contributed by atoms with Gasteiger partial charge < -0.3 is 4.57 Å². The van der Waals surface area contributed by atoms with Crippen LogP contribution < -0.4 is 11.2 Å². The summed E-state index contributed by atoms with van der Waals surface area (Å²) in [5.41, 5.74) is -2.16. The molecule has 2 aromatic rings. The van der Waals surface area contributed by atoms with Gasteiger partial charge in [-0.15, -0.1) is 0 Å². The normalized spacial score (nSPS) is 12.1. The van der Waals surface area contributed by atoms with E-state index in [-0.39, 0.29) is 11.0 Å². The number of nitrogens with zero attached hydrogens (tertiary/aromatic N) is 3. The Balaban J connectivity index is 2.95. The lowest BCUT2D eigenvalue weighted by molar-refractivity contribution is -0.0889. The van der Waals surface area contributed by atoms with E-state index in [1.54, 1.807) is 0 Å². The Kier molecular flexibility index (Phi) is 2.88. The van der Waals surface area contributed by atoms with E-state index in [9.17, 15) is 27.6 Å². The van der Waals surface area contributed by atoms with Crippen molar-refractivity contribution in [2.45, 2.75) is 6.18 Å². The Morgan fingerprint density at radius 3 is 2.10 bits per heavy atom. The Bertz CT molecular complexity index is 839. The maximum absolute atomic E-state index is 12.5. The summed E-state index contributed by atoms with van der Waals surface area (Å²) in [4.78, 5) is 34.9. The minimum Gasteiger partial charge on any atom is -0.327 e. The minimum absolute atomic E-state index is 0.0364. The van der Waals surface area contributed by atoms with Crippen molar-refractivity contribution in [3.8, 4) is 0 Å². The Morgan fingerprint density at radius 2 is 1.60 bits per heavy atom. The van der Waals surface area contributed by atoms with Crippen molar-refractivity contribution < 1.29 is 18.0 Å². The lowest BCUT2D eigenvalue weighted by Crippen LogP contribution is -2.37. The standard InChI is InChI=1S/C11H10F3N3O3/c1-15-6(7(18)11(12,13)14)4-5-8(15)16(2)10(20)17(3)9(5)19/h4H,1-3H3. The third kappa shape index (κ3) is 1.77. The van der Waals surface area contributed by atoms with Gasteiger partial charge in [-0.3, -0.25) is 18.7 Å². The largest absolute Gasteiger partial charge is 0.456 e. The molecule has 2 heterocycles. The monoisotopic (exact) mass is 289 g/mol. The zero-order valence-corrected chi connectivity index (χ0v) is 10.8. The van der Waals surface area contributed by atoms with Crippen molar-refractivity contribution in [1.82, 2.24) is 13.7 Å².